The molecule has 0 aliphatic carbocycles. The number of nitrogens with zero attached hydrogens (tertiary/aromatic N) is 1. The summed E-state index contributed by atoms with van der Waals surface area (Å²) in [6, 6.07) is 0. The van der Waals surface area contributed by atoms with Crippen molar-refractivity contribution < 1.29 is 0 Å². The van der Waals surface area contributed by atoms with E-state index in [1.54, 1.807) is 6.08 Å². The quantitative estimate of drug-likeness (QED) is 0.517. The maximum absolute atomic E-state index is 3.54. The molecule has 0 N–H and O–H groups in total. The average molecular weight is 123 g/mol. The van der Waals surface area contributed by atoms with Gasteiger partial charge in [-0.15, -0.1) is 0 Å². The van der Waals surface area contributed by atoms with Gasteiger partial charge in [0.05, 0.1) is 0 Å². The van der Waals surface area contributed by atoms with Crippen LogP contribution < -0.4 is 0 Å². The molecule has 0 fully saturated rings. The van der Waals surface area contributed by atoms with Gasteiger partial charge in [0.2, 0.25) is 0 Å². The third-order valence-corrected chi connectivity index (χ3v) is 0.743. The van der Waals surface area contributed by atoms with Crippen molar-refractivity contribution in [1.29, 1.82) is 0 Å². The lowest BCUT2D eigenvalue weighted by atomic mass is 10.5. The summed E-state index contributed by atoms with van der Waals surface area (Å²) in [5.74, 6) is 0. The molecule has 0 rings (SSSR count). The van der Waals surface area contributed by atoms with Crippen LogP contribution in [0.1, 0.15) is 0 Å². The summed E-state index contributed by atoms with van der Waals surface area (Å²) in [7, 11) is 3.97. The summed E-state index contributed by atoms with van der Waals surface area (Å²) in [5.41, 5.74) is 0. The Morgan fingerprint density at radius 3 is 2.22 bits per heavy atom. The van der Waals surface area contributed by atoms with Crippen molar-refractivity contribution in [3.63, 3.8) is 0 Å². The van der Waals surface area contributed by atoms with Crippen LogP contribution in [0, 0.1) is 0 Å². The number of hydrogen-bond donors (Lipinski definition) is 0. The Kier molecular flexibility index (Phi) is 4.60. The van der Waals surface area contributed by atoms with Gasteiger partial charge in [-0.1, -0.05) is 24.8 Å². The molecule has 0 aromatic rings. The summed E-state index contributed by atoms with van der Waals surface area (Å²) < 4.78 is 0. The second-order valence-electron chi connectivity index (χ2n) is 1.93. The minimum absolute atomic E-state index is 1.75. The van der Waals surface area contributed by atoms with Crippen LogP contribution in [0.25, 0.3) is 0 Å². The fourth-order valence-corrected chi connectivity index (χ4v) is 0.365. The molecule has 0 atom stereocenters. The zero-order valence-electron chi connectivity index (χ0n) is 6.04. The van der Waals surface area contributed by atoms with Crippen LogP contribution in [0.2, 0.25) is 0 Å². The Balaban J connectivity index is 3.46. The summed E-state index contributed by atoms with van der Waals surface area (Å²) in [4.78, 5) is 1.98. The van der Waals surface area contributed by atoms with Gasteiger partial charge in [-0.25, -0.2) is 0 Å². The Bertz CT molecular complexity index is 121. The Hall–Kier alpha value is -0.980. The maximum atomic E-state index is 3.54. The van der Waals surface area contributed by atoms with Crippen LogP contribution in [0.3, 0.4) is 0 Å². The van der Waals surface area contributed by atoms with Gasteiger partial charge in [0.1, 0.15) is 0 Å². The summed E-state index contributed by atoms with van der Waals surface area (Å²) in [6.07, 6.45) is 9.51. The van der Waals surface area contributed by atoms with Crippen molar-refractivity contribution >= 4 is 0 Å². The summed E-state index contributed by atoms with van der Waals surface area (Å²) >= 11 is 0. The van der Waals surface area contributed by atoms with E-state index in [4.69, 9.17) is 0 Å². The average Bonchev–Trinajstić information content (AvgIpc) is 1.80. The molecular formula is C8H13N. The fraction of sp³-hybridized carbons (Fsp3) is 0.250. The first-order valence-electron chi connectivity index (χ1n) is 2.89. The second kappa shape index (κ2) is 5.16. The molecule has 1 heteroatoms. The minimum Gasteiger partial charge on any atom is -0.383 e. The van der Waals surface area contributed by atoms with Crippen molar-refractivity contribution in [2.75, 3.05) is 14.1 Å². The van der Waals surface area contributed by atoms with E-state index in [1.807, 2.05) is 43.4 Å². The van der Waals surface area contributed by atoms with E-state index >= 15 is 0 Å². The molecule has 9 heavy (non-hydrogen) atoms. The monoisotopic (exact) mass is 123 g/mol. The highest BCUT2D eigenvalue weighted by atomic mass is 15.0. The van der Waals surface area contributed by atoms with Crippen LogP contribution in [-0.2, 0) is 0 Å². The van der Waals surface area contributed by atoms with E-state index in [1.165, 1.54) is 0 Å². The predicted octanol–water partition coefficient (Wildman–Crippen LogP) is 1.80. The third kappa shape index (κ3) is 7.02. The van der Waals surface area contributed by atoms with Gasteiger partial charge in [0.15, 0.2) is 0 Å². The fourth-order valence-electron chi connectivity index (χ4n) is 0.365. The molecule has 0 heterocycles. The van der Waals surface area contributed by atoms with Gasteiger partial charge in [-0.3, -0.25) is 0 Å². The van der Waals surface area contributed by atoms with Gasteiger partial charge >= 0.3 is 0 Å². The molecular weight excluding hydrogens is 110 g/mol. The third-order valence-electron chi connectivity index (χ3n) is 0.743. The van der Waals surface area contributed by atoms with Crippen molar-refractivity contribution in [2.24, 2.45) is 0 Å². The topological polar surface area (TPSA) is 3.24 Å². The molecule has 0 saturated heterocycles. The van der Waals surface area contributed by atoms with E-state index in [0.717, 1.165) is 0 Å². The van der Waals surface area contributed by atoms with Gasteiger partial charge in [-0.05, 0) is 12.3 Å². The lowest BCUT2D eigenvalue weighted by molar-refractivity contribution is 0.564. The first-order valence-corrected chi connectivity index (χ1v) is 2.89. The lowest BCUT2D eigenvalue weighted by Gasteiger charge is -2.00. The Morgan fingerprint density at radius 1 is 1.11 bits per heavy atom. The number of hydrogen-bond acceptors (Lipinski definition) is 1. The summed E-state index contributed by atoms with van der Waals surface area (Å²) in [5, 5.41) is 0. The Labute approximate surface area is 57.0 Å². The zero-order chi connectivity index (χ0) is 7.11. The first kappa shape index (κ1) is 8.02. The van der Waals surface area contributed by atoms with Crippen molar-refractivity contribution in [1.82, 2.24) is 4.90 Å². The molecule has 0 spiro atoms. The molecule has 0 unspecified atom stereocenters. The molecule has 0 aromatic heterocycles. The van der Waals surface area contributed by atoms with E-state index in [-0.39, 0.29) is 0 Å². The van der Waals surface area contributed by atoms with Crippen LogP contribution in [0.5, 0.6) is 0 Å². The molecule has 0 amide bonds. The van der Waals surface area contributed by atoms with Gasteiger partial charge < -0.3 is 4.90 Å². The largest absolute Gasteiger partial charge is 0.383 e. The number of allylic oxidation sites excluding steroid dienone is 4. The smallest absolute Gasteiger partial charge is 0.00556 e. The van der Waals surface area contributed by atoms with Crippen LogP contribution >= 0.6 is 0 Å². The highest BCUT2D eigenvalue weighted by Gasteiger charge is 1.68. The van der Waals surface area contributed by atoms with Crippen molar-refractivity contribution in [3.8, 4) is 0 Å². The maximum Gasteiger partial charge on any atom is 0.00556 e. The Morgan fingerprint density at radius 2 is 1.78 bits per heavy atom. The minimum atomic E-state index is 1.75. The molecule has 0 aromatic carbocycles. The molecule has 0 aliphatic heterocycles. The van der Waals surface area contributed by atoms with Crippen molar-refractivity contribution in [2.45, 2.75) is 0 Å². The van der Waals surface area contributed by atoms with E-state index < -0.39 is 0 Å². The highest BCUT2D eigenvalue weighted by Crippen LogP contribution is 1.79. The second-order valence-corrected chi connectivity index (χ2v) is 1.93. The van der Waals surface area contributed by atoms with Gasteiger partial charge in [0.25, 0.3) is 0 Å². The molecule has 0 radical (unpaired) electrons. The predicted molar refractivity (Wildman–Crippen MR) is 42.2 cm³/mol. The van der Waals surface area contributed by atoms with E-state index in [0.29, 0.717) is 0 Å². The highest BCUT2D eigenvalue weighted by molar-refractivity contribution is 5.08. The van der Waals surface area contributed by atoms with Gasteiger partial charge in [0, 0.05) is 14.1 Å². The normalized spacial score (nSPS) is 10.9. The van der Waals surface area contributed by atoms with Crippen LogP contribution in [0.15, 0.2) is 37.1 Å². The molecule has 0 aliphatic rings. The molecule has 0 saturated carbocycles. The van der Waals surface area contributed by atoms with Crippen LogP contribution in [-0.4, -0.2) is 19.0 Å². The van der Waals surface area contributed by atoms with Crippen LogP contribution in [0.4, 0.5) is 0 Å². The zero-order valence-corrected chi connectivity index (χ0v) is 6.04. The van der Waals surface area contributed by atoms with Crippen molar-refractivity contribution in [3.05, 3.63) is 37.1 Å². The van der Waals surface area contributed by atoms with E-state index in [9.17, 15) is 0 Å². The summed E-state index contributed by atoms with van der Waals surface area (Å²) in [6.45, 7) is 3.54. The lowest BCUT2D eigenvalue weighted by Crippen LogP contribution is -1.99. The molecule has 50 valence electrons. The SMILES string of the molecule is C=C/C=C\C=C/N(C)C. The molecule has 1 nitrogen and oxygen atoms in total. The molecule has 0 bridgehead atoms. The number of rotatable bonds is 3. The van der Waals surface area contributed by atoms with E-state index in [2.05, 4.69) is 6.58 Å². The standard InChI is InChI=1S/C8H13N/c1-4-5-6-7-8-9(2)3/h4-8H,1H2,2-3H3/b6-5-,8-7-. The first-order chi connectivity index (χ1) is 4.27. The van der Waals surface area contributed by atoms with Gasteiger partial charge in [-0.2, -0.15) is 0 Å².